The van der Waals surface area contributed by atoms with Crippen LogP contribution >= 0.6 is 0 Å². The van der Waals surface area contributed by atoms with Gasteiger partial charge in [0, 0.05) is 38.3 Å². The third-order valence-electron chi connectivity index (χ3n) is 4.19. The van der Waals surface area contributed by atoms with Gasteiger partial charge in [0.25, 0.3) is 5.56 Å². The number of morpholine rings is 1. The number of benzene rings is 1. The number of ether oxygens (including phenoxy) is 1. The highest BCUT2D eigenvalue weighted by molar-refractivity contribution is 5.81. The smallest absolute Gasteiger partial charge is 0.252 e. The molecular formula is C17H23N3O2. The van der Waals surface area contributed by atoms with Crippen LogP contribution in [0.5, 0.6) is 0 Å². The molecule has 1 saturated heterocycles. The topological polar surface area (TPSA) is 57.4 Å². The van der Waals surface area contributed by atoms with Gasteiger partial charge < -0.3 is 15.0 Å². The normalized spacial score (nSPS) is 16.2. The lowest BCUT2D eigenvalue weighted by Gasteiger charge is -2.26. The summed E-state index contributed by atoms with van der Waals surface area (Å²) in [6.07, 6.45) is 0. The van der Waals surface area contributed by atoms with Crippen LogP contribution in [-0.4, -0.2) is 49.3 Å². The SMILES string of the molecule is Cc1cccc2cc(CNCCN3CCOCC3)c(=O)[nH]c12. The molecule has 118 valence electrons. The summed E-state index contributed by atoms with van der Waals surface area (Å²) in [6, 6.07) is 8.06. The number of hydrogen-bond donors (Lipinski definition) is 2. The molecule has 2 N–H and O–H groups in total. The molecule has 5 nitrogen and oxygen atoms in total. The van der Waals surface area contributed by atoms with E-state index in [2.05, 4.69) is 15.2 Å². The van der Waals surface area contributed by atoms with Gasteiger partial charge in [-0.05, 0) is 23.9 Å². The molecule has 22 heavy (non-hydrogen) atoms. The zero-order valence-electron chi connectivity index (χ0n) is 13.0. The Labute approximate surface area is 130 Å². The summed E-state index contributed by atoms with van der Waals surface area (Å²) in [5.41, 5.74) is 2.83. The Morgan fingerprint density at radius 1 is 1.32 bits per heavy atom. The number of pyridine rings is 1. The number of nitrogens with zero attached hydrogens (tertiary/aromatic N) is 1. The van der Waals surface area contributed by atoms with Crippen LogP contribution in [0.25, 0.3) is 10.9 Å². The fourth-order valence-electron chi connectivity index (χ4n) is 2.84. The van der Waals surface area contributed by atoms with E-state index < -0.39 is 0 Å². The molecule has 5 heteroatoms. The third-order valence-corrected chi connectivity index (χ3v) is 4.19. The Bertz CT molecular complexity index is 690. The van der Waals surface area contributed by atoms with E-state index in [0.717, 1.165) is 61.4 Å². The van der Waals surface area contributed by atoms with E-state index in [1.54, 1.807) is 0 Å². The molecular weight excluding hydrogens is 278 g/mol. The average molecular weight is 301 g/mol. The highest BCUT2D eigenvalue weighted by atomic mass is 16.5. The van der Waals surface area contributed by atoms with E-state index >= 15 is 0 Å². The van der Waals surface area contributed by atoms with Crippen LogP contribution in [0.3, 0.4) is 0 Å². The third kappa shape index (κ3) is 3.55. The van der Waals surface area contributed by atoms with Crippen molar-refractivity contribution in [1.82, 2.24) is 15.2 Å². The summed E-state index contributed by atoms with van der Waals surface area (Å²) in [7, 11) is 0. The largest absolute Gasteiger partial charge is 0.379 e. The van der Waals surface area contributed by atoms with E-state index in [1.807, 2.05) is 31.2 Å². The first-order valence-corrected chi connectivity index (χ1v) is 7.86. The van der Waals surface area contributed by atoms with Crippen LogP contribution in [0, 0.1) is 6.92 Å². The Kier molecular flexibility index (Phi) is 4.87. The molecule has 0 aliphatic carbocycles. The molecule has 1 aliphatic rings. The van der Waals surface area contributed by atoms with Crippen LogP contribution in [-0.2, 0) is 11.3 Å². The molecule has 0 unspecified atom stereocenters. The summed E-state index contributed by atoms with van der Waals surface area (Å²) in [6.45, 7) is 8.13. The maximum Gasteiger partial charge on any atom is 0.252 e. The van der Waals surface area contributed by atoms with Crippen LogP contribution in [0.15, 0.2) is 29.1 Å². The molecule has 1 aromatic carbocycles. The van der Waals surface area contributed by atoms with Crippen LogP contribution in [0.2, 0.25) is 0 Å². The summed E-state index contributed by atoms with van der Waals surface area (Å²) in [5, 5.41) is 4.45. The number of nitrogens with one attached hydrogen (secondary N) is 2. The standard InChI is InChI=1S/C17H23N3O2/c1-13-3-2-4-14-11-15(17(21)19-16(13)14)12-18-5-6-20-7-9-22-10-8-20/h2-4,11,18H,5-10,12H2,1H3,(H,19,21). The Balaban J connectivity index is 1.59. The minimum Gasteiger partial charge on any atom is -0.379 e. The van der Waals surface area contributed by atoms with Gasteiger partial charge in [-0.25, -0.2) is 0 Å². The number of rotatable bonds is 5. The monoisotopic (exact) mass is 301 g/mol. The Hall–Kier alpha value is -1.69. The summed E-state index contributed by atoms with van der Waals surface area (Å²) >= 11 is 0. The Morgan fingerprint density at radius 2 is 2.14 bits per heavy atom. The second-order valence-electron chi connectivity index (χ2n) is 5.79. The van der Waals surface area contributed by atoms with Gasteiger partial charge in [0.2, 0.25) is 0 Å². The molecule has 2 heterocycles. The molecule has 0 atom stereocenters. The number of para-hydroxylation sites is 1. The first kappa shape index (κ1) is 15.2. The number of fused-ring (bicyclic) bond motifs is 1. The molecule has 3 rings (SSSR count). The molecule has 0 saturated carbocycles. The van der Waals surface area contributed by atoms with Crippen LogP contribution in [0.1, 0.15) is 11.1 Å². The van der Waals surface area contributed by atoms with Gasteiger partial charge in [0.05, 0.1) is 18.7 Å². The molecule has 2 aromatic rings. The number of hydrogen-bond acceptors (Lipinski definition) is 4. The first-order chi connectivity index (χ1) is 10.7. The van der Waals surface area contributed by atoms with Crippen molar-refractivity contribution in [3.8, 4) is 0 Å². The van der Waals surface area contributed by atoms with Crippen LogP contribution < -0.4 is 10.9 Å². The van der Waals surface area contributed by atoms with Crippen molar-refractivity contribution in [1.29, 1.82) is 0 Å². The lowest BCUT2D eigenvalue weighted by Crippen LogP contribution is -2.40. The first-order valence-electron chi connectivity index (χ1n) is 7.86. The van der Waals surface area contributed by atoms with Gasteiger partial charge >= 0.3 is 0 Å². The van der Waals surface area contributed by atoms with Gasteiger partial charge in [-0.2, -0.15) is 0 Å². The minimum absolute atomic E-state index is 0.000623. The van der Waals surface area contributed by atoms with Gasteiger partial charge in [-0.1, -0.05) is 18.2 Å². The highest BCUT2D eigenvalue weighted by Crippen LogP contribution is 2.14. The predicted molar refractivity (Wildman–Crippen MR) is 88.3 cm³/mol. The molecule has 1 fully saturated rings. The lowest BCUT2D eigenvalue weighted by atomic mass is 10.1. The van der Waals surface area contributed by atoms with Crippen molar-refractivity contribution in [3.63, 3.8) is 0 Å². The maximum absolute atomic E-state index is 12.2. The summed E-state index contributed by atoms with van der Waals surface area (Å²) < 4.78 is 5.33. The van der Waals surface area contributed by atoms with Crippen molar-refractivity contribution in [3.05, 3.63) is 45.7 Å². The van der Waals surface area contributed by atoms with Gasteiger partial charge in [-0.3, -0.25) is 9.69 Å². The highest BCUT2D eigenvalue weighted by Gasteiger charge is 2.09. The van der Waals surface area contributed by atoms with Gasteiger partial charge in [0.1, 0.15) is 0 Å². The van der Waals surface area contributed by atoms with Gasteiger partial charge in [-0.15, -0.1) is 0 Å². The van der Waals surface area contributed by atoms with Crippen molar-refractivity contribution >= 4 is 10.9 Å². The van der Waals surface area contributed by atoms with Gasteiger partial charge in [0.15, 0.2) is 0 Å². The van der Waals surface area contributed by atoms with E-state index in [1.165, 1.54) is 0 Å². The minimum atomic E-state index is 0.000623. The molecule has 1 aromatic heterocycles. The van der Waals surface area contributed by atoms with Crippen molar-refractivity contribution in [2.75, 3.05) is 39.4 Å². The second kappa shape index (κ2) is 7.05. The summed E-state index contributed by atoms with van der Waals surface area (Å²) in [5.74, 6) is 0. The zero-order chi connectivity index (χ0) is 15.4. The van der Waals surface area contributed by atoms with Crippen LogP contribution in [0.4, 0.5) is 0 Å². The molecule has 0 amide bonds. The number of aromatic nitrogens is 1. The number of aromatic amines is 1. The maximum atomic E-state index is 12.2. The van der Waals surface area contributed by atoms with E-state index in [0.29, 0.717) is 6.54 Å². The fourth-order valence-corrected chi connectivity index (χ4v) is 2.84. The zero-order valence-corrected chi connectivity index (χ0v) is 13.0. The molecule has 0 spiro atoms. The fraction of sp³-hybridized carbons (Fsp3) is 0.471. The van der Waals surface area contributed by atoms with E-state index in [9.17, 15) is 4.79 Å². The van der Waals surface area contributed by atoms with E-state index in [-0.39, 0.29) is 5.56 Å². The Morgan fingerprint density at radius 3 is 2.95 bits per heavy atom. The number of aryl methyl sites for hydroxylation is 1. The van der Waals surface area contributed by atoms with E-state index in [4.69, 9.17) is 4.74 Å². The average Bonchev–Trinajstić information content (AvgIpc) is 2.54. The predicted octanol–water partition coefficient (Wildman–Crippen LogP) is 1.26. The lowest BCUT2D eigenvalue weighted by molar-refractivity contribution is 0.0384. The number of H-pyrrole nitrogens is 1. The molecule has 1 aliphatic heterocycles. The quantitative estimate of drug-likeness (QED) is 0.816. The molecule has 0 radical (unpaired) electrons. The van der Waals surface area contributed by atoms with Crippen molar-refractivity contribution in [2.45, 2.75) is 13.5 Å². The summed E-state index contributed by atoms with van der Waals surface area (Å²) in [4.78, 5) is 17.5. The second-order valence-corrected chi connectivity index (χ2v) is 5.79. The molecule has 0 bridgehead atoms. The van der Waals surface area contributed by atoms with Crippen molar-refractivity contribution in [2.24, 2.45) is 0 Å². The van der Waals surface area contributed by atoms with Crippen molar-refractivity contribution < 1.29 is 4.74 Å².